The standard InChI is InChI=1S/C16H23N3O2/c17-13-5-3-6-14(10-13)18-15(20)19-9-8-16(21)7-2-1-4-12(16)11-19/h3,5-6,10,12,21H,1-2,4,7-9,11,17H2,(H,18,20). The van der Waals surface area contributed by atoms with Crippen molar-refractivity contribution >= 4 is 17.4 Å². The average Bonchev–Trinajstić information content (AvgIpc) is 2.46. The molecule has 0 spiro atoms. The zero-order valence-electron chi connectivity index (χ0n) is 12.2. The number of carbonyl (C=O) groups excluding carboxylic acids is 1. The van der Waals surface area contributed by atoms with Gasteiger partial charge in [0.2, 0.25) is 0 Å². The molecular weight excluding hydrogens is 266 g/mol. The fourth-order valence-corrected chi connectivity index (χ4v) is 3.57. The third-order valence-electron chi connectivity index (χ3n) is 4.85. The number of carbonyl (C=O) groups is 1. The highest BCUT2D eigenvalue weighted by Crippen LogP contribution is 2.39. The Hall–Kier alpha value is -1.75. The van der Waals surface area contributed by atoms with Crippen LogP contribution in [0, 0.1) is 5.92 Å². The van der Waals surface area contributed by atoms with Crippen molar-refractivity contribution in [3.8, 4) is 0 Å². The molecule has 1 saturated heterocycles. The Balaban J connectivity index is 1.64. The first-order valence-electron chi connectivity index (χ1n) is 7.71. The van der Waals surface area contributed by atoms with Gasteiger partial charge in [0.1, 0.15) is 0 Å². The van der Waals surface area contributed by atoms with Gasteiger partial charge in [-0.3, -0.25) is 0 Å². The van der Waals surface area contributed by atoms with Crippen molar-refractivity contribution in [2.45, 2.75) is 37.7 Å². The van der Waals surface area contributed by atoms with Gasteiger partial charge in [0.05, 0.1) is 5.60 Å². The van der Waals surface area contributed by atoms with Gasteiger partial charge in [0, 0.05) is 30.4 Å². The minimum absolute atomic E-state index is 0.103. The summed E-state index contributed by atoms with van der Waals surface area (Å²) >= 11 is 0. The van der Waals surface area contributed by atoms with Crippen LogP contribution in [0.1, 0.15) is 32.1 Å². The monoisotopic (exact) mass is 289 g/mol. The van der Waals surface area contributed by atoms with Crippen LogP contribution >= 0.6 is 0 Å². The zero-order valence-corrected chi connectivity index (χ0v) is 12.2. The van der Waals surface area contributed by atoms with Crippen LogP contribution in [0.2, 0.25) is 0 Å². The third-order valence-corrected chi connectivity index (χ3v) is 4.85. The Kier molecular flexibility index (Phi) is 3.76. The molecule has 1 aliphatic heterocycles. The molecule has 0 aromatic heterocycles. The number of nitrogens with zero attached hydrogens (tertiary/aromatic N) is 1. The van der Waals surface area contributed by atoms with E-state index < -0.39 is 5.60 Å². The van der Waals surface area contributed by atoms with Crippen LogP contribution in [-0.4, -0.2) is 34.7 Å². The first-order valence-corrected chi connectivity index (χ1v) is 7.71. The number of nitrogens with one attached hydrogen (secondary N) is 1. The summed E-state index contributed by atoms with van der Waals surface area (Å²) in [6.07, 6.45) is 4.82. The fraction of sp³-hybridized carbons (Fsp3) is 0.562. The van der Waals surface area contributed by atoms with E-state index in [0.29, 0.717) is 30.9 Å². The number of benzene rings is 1. The van der Waals surface area contributed by atoms with E-state index in [9.17, 15) is 9.90 Å². The van der Waals surface area contributed by atoms with Gasteiger partial charge in [-0.1, -0.05) is 18.9 Å². The van der Waals surface area contributed by atoms with Gasteiger partial charge >= 0.3 is 6.03 Å². The van der Waals surface area contributed by atoms with Crippen molar-refractivity contribution in [1.29, 1.82) is 0 Å². The summed E-state index contributed by atoms with van der Waals surface area (Å²) in [4.78, 5) is 14.2. The first-order chi connectivity index (χ1) is 10.1. The number of rotatable bonds is 1. The second kappa shape index (κ2) is 5.56. The quantitative estimate of drug-likeness (QED) is 0.695. The molecule has 1 heterocycles. The van der Waals surface area contributed by atoms with Crippen molar-refractivity contribution in [1.82, 2.24) is 4.90 Å². The molecule has 2 amide bonds. The van der Waals surface area contributed by atoms with Crippen molar-refractivity contribution in [3.05, 3.63) is 24.3 Å². The number of hydrogen-bond donors (Lipinski definition) is 3. The van der Waals surface area contributed by atoms with Crippen LogP contribution in [0.25, 0.3) is 0 Å². The van der Waals surface area contributed by atoms with E-state index in [0.717, 1.165) is 25.7 Å². The van der Waals surface area contributed by atoms with E-state index in [-0.39, 0.29) is 11.9 Å². The number of piperidine rings is 1. The largest absolute Gasteiger partial charge is 0.399 e. The summed E-state index contributed by atoms with van der Waals surface area (Å²) in [5.41, 5.74) is 6.52. The van der Waals surface area contributed by atoms with Gasteiger partial charge in [-0.25, -0.2) is 4.79 Å². The molecule has 114 valence electrons. The fourth-order valence-electron chi connectivity index (χ4n) is 3.57. The Morgan fingerprint density at radius 1 is 1.38 bits per heavy atom. The molecule has 1 aliphatic carbocycles. The maximum Gasteiger partial charge on any atom is 0.321 e. The SMILES string of the molecule is Nc1cccc(NC(=O)N2CCC3(O)CCCCC3C2)c1. The number of nitrogen functional groups attached to an aromatic ring is 1. The smallest absolute Gasteiger partial charge is 0.321 e. The lowest BCUT2D eigenvalue weighted by Gasteiger charge is -2.47. The van der Waals surface area contributed by atoms with E-state index in [2.05, 4.69) is 5.32 Å². The predicted molar refractivity (Wildman–Crippen MR) is 83.0 cm³/mol. The number of anilines is 2. The number of aliphatic hydroxyl groups is 1. The molecule has 2 atom stereocenters. The maximum atomic E-state index is 12.4. The second-order valence-electron chi connectivity index (χ2n) is 6.30. The number of hydrogen-bond acceptors (Lipinski definition) is 3. The molecule has 5 heteroatoms. The van der Waals surface area contributed by atoms with Gasteiger partial charge in [0.25, 0.3) is 0 Å². The van der Waals surface area contributed by atoms with Gasteiger partial charge in [-0.2, -0.15) is 0 Å². The molecule has 5 nitrogen and oxygen atoms in total. The van der Waals surface area contributed by atoms with E-state index in [1.807, 2.05) is 17.0 Å². The van der Waals surface area contributed by atoms with E-state index in [1.165, 1.54) is 0 Å². The minimum atomic E-state index is -0.549. The van der Waals surface area contributed by atoms with Gasteiger partial charge in [0.15, 0.2) is 0 Å². The van der Waals surface area contributed by atoms with Crippen molar-refractivity contribution < 1.29 is 9.90 Å². The number of likely N-dealkylation sites (tertiary alicyclic amines) is 1. The summed E-state index contributed by atoms with van der Waals surface area (Å²) in [7, 11) is 0. The van der Waals surface area contributed by atoms with Gasteiger partial charge in [-0.05, 0) is 37.5 Å². The van der Waals surface area contributed by atoms with Crippen LogP contribution in [-0.2, 0) is 0 Å². The molecule has 21 heavy (non-hydrogen) atoms. The van der Waals surface area contributed by atoms with E-state index in [4.69, 9.17) is 5.73 Å². The molecule has 1 aromatic carbocycles. The molecule has 2 unspecified atom stereocenters. The van der Waals surface area contributed by atoms with Crippen molar-refractivity contribution in [3.63, 3.8) is 0 Å². The number of amides is 2. The van der Waals surface area contributed by atoms with Crippen LogP contribution in [0.5, 0.6) is 0 Å². The summed E-state index contributed by atoms with van der Waals surface area (Å²) in [6, 6.07) is 7.08. The average molecular weight is 289 g/mol. The number of urea groups is 1. The summed E-state index contributed by atoms with van der Waals surface area (Å²) in [6.45, 7) is 1.26. The Morgan fingerprint density at radius 2 is 2.24 bits per heavy atom. The van der Waals surface area contributed by atoms with E-state index >= 15 is 0 Å². The van der Waals surface area contributed by atoms with Crippen molar-refractivity contribution in [2.75, 3.05) is 24.1 Å². The van der Waals surface area contributed by atoms with E-state index in [1.54, 1.807) is 12.1 Å². The molecule has 1 aromatic rings. The summed E-state index contributed by atoms with van der Waals surface area (Å²) in [5.74, 6) is 0.214. The molecule has 0 bridgehead atoms. The Bertz CT molecular complexity index is 534. The van der Waals surface area contributed by atoms with Crippen LogP contribution in [0.15, 0.2) is 24.3 Å². The van der Waals surface area contributed by atoms with Crippen molar-refractivity contribution in [2.24, 2.45) is 5.92 Å². The second-order valence-corrected chi connectivity index (χ2v) is 6.30. The number of fused-ring (bicyclic) bond motifs is 1. The minimum Gasteiger partial charge on any atom is -0.399 e. The van der Waals surface area contributed by atoms with Crippen LogP contribution in [0.4, 0.5) is 16.2 Å². The van der Waals surface area contributed by atoms with Crippen LogP contribution < -0.4 is 11.1 Å². The van der Waals surface area contributed by atoms with Crippen LogP contribution in [0.3, 0.4) is 0 Å². The lowest BCUT2D eigenvalue weighted by Crippen LogP contribution is -2.55. The Morgan fingerprint density at radius 3 is 3.05 bits per heavy atom. The summed E-state index contributed by atoms with van der Waals surface area (Å²) in [5, 5.41) is 13.5. The topological polar surface area (TPSA) is 78.6 Å². The normalized spacial score (nSPS) is 28.8. The third kappa shape index (κ3) is 2.97. The predicted octanol–water partition coefficient (Wildman–Crippen LogP) is 2.43. The number of nitrogens with two attached hydrogens (primary N) is 1. The molecule has 1 saturated carbocycles. The molecule has 0 radical (unpaired) electrons. The first kappa shape index (κ1) is 14.2. The molecular formula is C16H23N3O2. The maximum absolute atomic E-state index is 12.4. The van der Waals surface area contributed by atoms with Gasteiger partial charge in [-0.15, -0.1) is 0 Å². The lowest BCUT2D eigenvalue weighted by atomic mass is 9.71. The Labute approximate surface area is 125 Å². The highest BCUT2D eigenvalue weighted by molar-refractivity contribution is 5.89. The zero-order chi connectivity index (χ0) is 14.9. The summed E-state index contributed by atoms with van der Waals surface area (Å²) < 4.78 is 0. The highest BCUT2D eigenvalue weighted by Gasteiger charge is 2.43. The highest BCUT2D eigenvalue weighted by atomic mass is 16.3. The van der Waals surface area contributed by atoms with Gasteiger partial charge < -0.3 is 21.1 Å². The molecule has 2 fully saturated rings. The molecule has 4 N–H and O–H groups in total. The lowest BCUT2D eigenvalue weighted by molar-refractivity contribution is -0.0863. The molecule has 3 rings (SSSR count). The molecule has 2 aliphatic rings.